The van der Waals surface area contributed by atoms with Gasteiger partial charge in [0, 0.05) is 5.56 Å². The molecule has 0 nitrogen and oxygen atoms in total. The van der Waals surface area contributed by atoms with Crippen molar-refractivity contribution in [1.29, 1.82) is 0 Å². The molecular weight excluding hydrogens is 405 g/mol. The molecule has 0 N–H and O–H groups in total. The molecule has 0 saturated carbocycles. The van der Waals surface area contributed by atoms with Gasteiger partial charge in [0.25, 0.3) is 0 Å². The quantitative estimate of drug-likeness (QED) is 0.279. The van der Waals surface area contributed by atoms with E-state index in [0.717, 1.165) is 22.3 Å². The highest BCUT2D eigenvalue weighted by Gasteiger charge is 2.15. The first kappa shape index (κ1) is 21.9. The Bertz CT molecular complexity index is 1140. The lowest BCUT2D eigenvalue weighted by atomic mass is 9.92. The molecule has 0 fully saturated rings. The summed E-state index contributed by atoms with van der Waals surface area (Å²) in [7, 11) is 0. The van der Waals surface area contributed by atoms with Gasteiger partial charge in [0.15, 0.2) is 0 Å². The summed E-state index contributed by atoms with van der Waals surface area (Å²) in [4.78, 5) is 0. The molecule has 0 aliphatic rings. The number of hydrogen-bond acceptors (Lipinski definition) is 0. The second-order valence-electron chi connectivity index (χ2n) is 8.26. The van der Waals surface area contributed by atoms with Crippen molar-refractivity contribution in [1.82, 2.24) is 0 Å². The minimum atomic E-state index is -0.477. The molecule has 0 bridgehead atoms. The summed E-state index contributed by atoms with van der Waals surface area (Å²) < 4.78 is 42.5. The maximum Gasteiger partial charge on any atom is 0.129 e. The Balaban J connectivity index is 1.41. The predicted molar refractivity (Wildman–Crippen MR) is 124 cm³/mol. The Labute approximate surface area is 187 Å². The van der Waals surface area contributed by atoms with E-state index in [4.69, 9.17) is 0 Å². The first-order chi connectivity index (χ1) is 15.5. The van der Waals surface area contributed by atoms with Crippen molar-refractivity contribution in [3.8, 4) is 11.1 Å². The Morgan fingerprint density at radius 1 is 0.625 bits per heavy atom. The van der Waals surface area contributed by atoms with Crippen LogP contribution in [0.5, 0.6) is 0 Å². The minimum absolute atomic E-state index is 0.0330. The average Bonchev–Trinajstić information content (AvgIpc) is 2.81. The predicted octanol–water partition coefficient (Wildman–Crippen LogP) is 7.90. The minimum Gasteiger partial charge on any atom is -0.207 e. The molecule has 0 amide bonds. The standard InChI is InChI=1S/C29H25F3/c1-20(23-5-3-2-4-6-23)17-27-28(31)18-22(19-29(27)32)8-7-21-9-11-24(12-10-21)25-13-15-26(30)16-14-25/h2-6,9-16,18-20H,7-8,17H2,1H3. The highest BCUT2D eigenvalue weighted by atomic mass is 19.1. The molecule has 0 spiro atoms. The van der Waals surface area contributed by atoms with Gasteiger partial charge in [-0.1, -0.05) is 73.7 Å². The summed E-state index contributed by atoms with van der Waals surface area (Å²) in [6.45, 7) is 1.98. The molecule has 32 heavy (non-hydrogen) atoms. The van der Waals surface area contributed by atoms with Crippen LogP contribution in [0.25, 0.3) is 11.1 Å². The van der Waals surface area contributed by atoms with Crippen molar-refractivity contribution < 1.29 is 13.2 Å². The van der Waals surface area contributed by atoms with Crippen molar-refractivity contribution in [2.24, 2.45) is 0 Å². The van der Waals surface area contributed by atoms with Crippen LogP contribution in [0.1, 0.15) is 35.1 Å². The van der Waals surface area contributed by atoms with Crippen LogP contribution in [-0.2, 0) is 19.3 Å². The average molecular weight is 431 g/mol. The molecule has 4 rings (SSSR count). The maximum absolute atomic E-state index is 14.7. The fourth-order valence-electron chi connectivity index (χ4n) is 4.00. The Morgan fingerprint density at radius 3 is 1.75 bits per heavy atom. The molecule has 4 aromatic rings. The highest BCUT2D eigenvalue weighted by molar-refractivity contribution is 5.63. The highest BCUT2D eigenvalue weighted by Crippen LogP contribution is 2.26. The Kier molecular flexibility index (Phi) is 6.75. The van der Waals surface area contributed by atoms with E-state index in [1.165, 1.54) is 24.3 Å². The molecule has 1 unspecified atom stereocenters. The van der Waals surface area contributed by atoms with E-state index in [0.29, 0.717) is 24.8 Å². The summed E-state index contributed by atoms with van der Waals surface area (Å²) in [5.41, 5.74) is 4.90. The maximum atomic E-state index is 14.7. The van der Waals surface area contributed by atoms with Crippen molar-refractivity contribution >= 4 is 0 Å². The molecular formula is C29H25F3. The first-order valence-electron chi connectivity index (χ1n) is 10.9. The topological polar surface area (TPSA) is 0 Å². The van der Waals surface area contributed by atoms with E-state index in [1.54, 1.807) is 12.1 Å². The van der Waals surface area contributed by atoms with Crippen LogP contribution in [0.15, 0.2) is 91.0 Å². The third-order valence-electron chi connectivity index (χ3n) is 5.91. The fourth-order valence-corrected chi connectivity index (χ4v) is 4.00. The van der Waals surface area contributed by atoms with Gasteiger partial charge in [-0.25, -0.2) is 13.2 Å². The van der Waals surface area contributed by atoms with Gasteiger partial charge in [0.1, 0.15) is 17.5 Å². The molecule has 0 heterocycles. The lowest BCUT2D eigenvalue weighted by Crippen LogP contribution is -2.05. The van der Waals surface area contributed by atoms with Crippen molar-refractivity contribution in [3.63, 3.8) is 0 Å². The second kappa shape index (κ2) is 9.86. The van der Waals surface area contributed by atoms with Crippen LogP contribution in [0, 0.1) is 17.5 Å². The summed E-state index contributed by atoms with van der Waals surface area (Å²) in [6.07, 6.45) is 1.56. The zero-order valence-corrected chi connectivity index (χ0v) is 18.0. The lowest BCUT2D eigenvalue weighted by Gasteiger charge is -2.14. The van der Waals surface area contributed by atoms with E-state index >= 15 is 0 Å². The summed E-state index contributed by atoms with van der Waals surface area (Å²) in [6, 6.07) is 27.0. The Hall–Kier alpha value is -3.33. The normalized spacial score (nSPS) is 12.0. The van der Waals surface area contributed by atoms with Gasteiger partial charge in [0.2, 0.25) is 0 Å². The molecule has 0 radical (unpaired) electrons. The molecule has 4 aromatic carbocycles. The van der Waals surface area contributed by atoms with Gasteiger partial charge < -0.3 is 0 Å². The van der Waals surface area contributed by atoms with Crippen molar-refractivity contribution in [2.75, 3.05) is 0 Å². The SMILES string of the molecule is CC(Cc1c(F)cc(CCc2ccc(-c3ccc(F)cc3)cc2)cc1F)c1ccccc1. The molecule has 1 atom stereocenters. The number of halogens is 3. The van der Waals surface area contributed by atoms with E-state index in [-0.39, 0.29) is 17.3 Å². The van der Waals surface area contributed by atoms with Crippen LogP contribution < -0.4 is 0 Å². The molecule has 0 aliphatic heterocycles. The largest absolute Gasteiger partial charge is 0.207 e. The van der Waals surface area contributed by atoms with Crippen LogP contribution in [0.3, 0.4) is 0 Å². The van der Waals surface area contributed by atoms with E-state index in [2.05, 4.69) is 0 Å². The number of rotatable bonds is 7. The third-order valence-corrected chi connectivity index (χ3v) is 5.91. The van der Waals surface area contributed by atoms with Gasteiger partial charge in [-0.05, 0) is 77.3 Å². The number of aryl methyl sites for hydroxylation is 2. The number of benzene rings is 4. The van der Waals surface area contributed by atoms with Crippen LogP contribution in [0.2, 0.25) is 0 Å². The van der Waals surface area contributed by atoms with Crippen LogP contribution >= 0.6 is 0 Å². The molecule has 162 valence electrons. The van der Waals surface area contributed by atoms with Gasteiger partial charge in [0.05, 0.1) is 0 Å². The van der Waals surface area contributed by atoms with Gasteiger partial charge >= 0.3 is 0 Å². The van der Waals surface area contributed by atoms with Crippen LogP contribution in [-0.4, -0.2) is 0 Å². The molecule has 0 aromatic heterocycles. The monoisotopic (exact) mass is 430 g/mol. The molecule has 0 saturated heterocycles. The second-order valence-corrected chi connectivity index (χ2v) is 8.26. The third kappa shape index (κ3) is 5.28. The van der Waals surface area contributed by atoms with E-state index < -0.39 is 11.6 Å². The molecule has 0 aliphatic carbocycles. The van der Waals surface area contributed by atoms with E-state index in [1.807, 2.05) is 61.5 Å². The zero-order chi connectivity index (χ0) is 22.5. The smallest absolute Gasteiger partial charge is 0.129 e. The van der Waals surface area contributed by atoms with Gasteiger partial charge in [-0.15, -0.1) is 0 Å². The van der Waals surface area contributed by atoms with Crippen molar-refractivity contribution in [3.05, 3.63) is 131 Å². The van der Waals surface area contributed by atoms with Gasteiger partial charge in [-0.3, -0.25) is 0 Å². The lowest BCUT2D eigenvalue weighted by molar-refractivity contribution is 0.540. The van der Waals surface area contributed by atoms with Crippen LogP contribution in [0.4, 0.5) is 13.2 Å². The Morgan fingerprint density at radius 2 is 1.16 bits per heavy atom. The summed E-state index contributed by atoms with van der Waals surface area (Å²) in [5.74, 6) is -1.18. The molecule has 3 heteroatoms. The fraction of sp³-hybridized carbons (Fsp3) is 0.172. The summed E-state index contributed by atoms with van der Waals surface area (Å²) >= 11 is 0. The first-order valence-corrected chi connectivity index (χ1v) is 10.9. The zero-order valence-electron chi connectivity index (χ0n) is 18.0. The number of hydrogen-bond donors (Lipinski definition) is 0. The summed E-state index contributed by atoms with van der Waals surface area (Å²) in [5, 5.41) is 0. The van der Waals surface area contributed by atoms with E-state index in [9.17, 15) is 13.2 Å². The van der Waals surface area contributed by atoms with Crippen molar-refractivity contribution in [2.45, 2.75) is 32.1 Å². The van der Waals surface area contributed by atoms with Gasteiger partial charge in [-0.2, -0.15) is 0 Å².